The number of aliphatic hydroxyl groups excluding tert-OH is 1. The van der Waals surface area contributed by atoms with Crippen LogP contribution in [0, 0.1) is 5.92 Å². The van der Waals surface area contributed by atoms with Crippen LogP contribution >= 0.6 is 0 Å². The Morgan fingerprint density at radius 2 is 2.17 bits per heavy atom. The summed E-state index contributed by atoms with van der Waals surface area (Å²) in [6, 6.07) is 1.04. The molecule has 2 aliphatic rings. The third-order valence-corrected chi connectivity index (χ3v) is 3.87. The van der Waals surface area contributed by atoms with Crippen molar-refractivity contribution >= 4 is 5.97 Å². The Balaban J connectivity index is 1.89. The van der Waals surface area contributed by atoms with Crippen LogP contribution in [0.5, 0.6) is 0 Å². The van der Waals surface area contributed by atoms with Gasteiger partial charge in [0.15, 0.2) is 0 Å². The van der Waals surface area contributed by atoms with E-state index < -0.39 is 0 Å². The van der Waals surface area contributed by atoms with Crippen LogP contribution < -0.4 is 5.32 Å². The van der Waals surface area contributed by atoms with Crippen molar-refractivity contribution in [3.8, 4) is 0 Å². The lowest BCUT2D eigenvalue weighted by molar-refractivity contribution is -0.142. The Morgan fingerprint density at radius 1 is 1.44 bits per heavy atom. The smallest absolute Gasteiger partial charge is 0.319 e. The number of hydrogen-bond acceptors (Lipinski definition) is 5. The zero-order chi connectivity index (χ0) is 13.1. The first-order valence-corrected chi connectivity index (χ1v) is 6.81. The van der Waals surface area contributed by atoms with E-state index in [4.69, 9.17) is 4.74 Å². The van der Waals surface area contributed by atoms with Gasteiger partial charge in [0.25, 0.3) is 0 Å². The fraction of sp³-hybridized carbons (Fsp3) is 0.923. The zero-order valence-corrected chi connectivity index (χ0v) is 11.3. The van der Waals surface area contributed by atoms with E-state index in [2.05, 4.69) is 10.2 Å². The molecule has 2 rings (SSSR count). The van der Waals surface area contributed by atoms with Crippen LogP contribution in [0.4, 0.5) is 0 Å². The Kier molecular flexibility index (Phi) is 4.59. The molecule has 0 aromatic heterocycles. The number of nitrogens with one attached hydrogen (secondary N) is 1. The highest BCUT2D eigenvalue weighted by Crippen LogP contribution is 2.25. The fourth-order valence-corrected chi connectivity index (χ4v) is 2.66. The van der Waals surface area contributed by atoms with Gasteiger partial charge in [0.05, 0.1) is 19.8 Å². The molecule has 18 heavy (non-hydrogen) atoms. The molecule has 0 spiro atoms. The van der Waals surface area contributed by atoms with Gasteiger partial charge in [-0.05, 0) is 32.1 Å². The molecule has 2 N–H and O–H groups in total. The summed E-state index contributed by atoms with van der Waals surface area (Å²) in [5.74, 6) is 0.0334. The molecule has 5 nitrogen and oxygen atoms in total. The molecule has 3 atom stereocenters. The van der Waals surface area contributed by atoms with Crippen LogP contribution in [-0.2, 0) is 9.53 Å². The van der Waals surface area contributed by atoms with Crippen LogP contribution in [0.3, 0.4) is 0 Å². The second kappa shape index (κ2) is 5.99. The molecule has 1 aliphatic carbocycles. The largest absolute Gasteiger partial charge is 0.468 e. The van der Waals surface area contributed by atoms with E-state index in [0.717, 1.165) is 19.5 Å². The first-order chi connectivity index (χ1) is 8.58. The molecular weight excluding hydrogens is 232 g/mol. The quantitative estimate of drug-likeness (QED) is 0.677. The number of likely N-dealkylation sites (tertiary alicyclic amines) is 1. The van der Waals surface area contributed by atoms with Gasteiger partial charge in [-0.15, -0.1) is 0 Å². The lowest BCUT2D eigenvalue weighted by atomic mass is 9.90. The third kappa shape index (κ3) is 3.93. The Morgan fingerprint density at radius 3 is 2.72 bits per heavy atom. The number of carbonyl (C=O) groups is 1. The van der Waals surface area contributed by atoms with Crippen molar-refractivity contribution in [3.05, 3.63) is 0 Å². The molecule has 1 saturated heterocycles. The van der Waals surface area contributed by atoms with E-state index in [-0.39, 0.29) is 18.0 Å². The molecule has 1 aliphatic heterocycles. The average molecular weight is 256 g/mol. The van der Waals surface area contributed by atoms with E-state index in [0.29, 0.717) is 18.6 Å². The van der Waals surface area contributed by atoms with Gasteiger partial charge < -0.3 is 15.2 Å². The number of nitrogens with zero attached hydrogens (tertiary/aromatic N) is 1. The minimum Gasteiger partial charge on any atom is -0.468 e. The van der Waals surface area contributed by atoms with Crippen molar-refractivity contribution in [2.75, 3.05) is 26.7 Å². The molecule has 0 bridgehead atoms. The minimum absolute atomic E-state index is 0.202. The Labute approximate surface area is 108 Å². The maximum absolute atomic E-state index is 11.4. The summed E-state index contributed by atoms with van der Waals surface area (Å²) in [5, 5.41) is 13.4. The molecule has 1 saturated carbocycles. The second-order valence-electron chi connectivity index (χ2n) is 5.64. The molecular formula is C13H24N2O3. The number of hydrogen-bond donors (Lipinski definition) is 2. The van der Waals surface area contributed by atoms with Gasteiger partial charge in [0.2, 0.25) is 0 Å². The topological polar surface area (TPSA) is 61.8 Å². The predicted molar refractivity (Wildman–Crippen MR) is 68.2 cm³/mol. The van der Waals surface area contributed by atoms with Crippen molar-refractivity contribution in [1.29, 1.82) is 0 Å². The Hall–Kier alpha value is -0.650. The number of ether oxygens (including phenoxy) is 1. The van der Waals surface area contributed by atoms with Crippen molar-refractivity contribution in [3.63, 3.8) is 0 Å². The summed E-state index contributed by atoms with van der Waals surface area (Å²) in [7, 11) is 1.42. The monoisotopic (exact) mass is 256 g/mol. The van der Waals surface area contributed by atoms with Crippen molar-refractivity contribution < 1.29 is 14.6 Å². The van der Waals surface area contributed by atoms with Crippen LogP contribution in [0.15, 0.2) is 0 Å². The first-order valence-electron chi connectivity index (χ1n) is 6.81. The van der Waals surface area contributed by atoms with E-state index in [9.17, 15) is 9.90 Å². The number of rotatable bonds is 5. The molecule has 0 aromatic carbocycles. The maximum atomic E-state index is 11.4. The highest BCUT2D eigenvalue weighted by atomic mass is 16.5. The minimum atomic E-state index is -0.325. The van der Waals surface area contributed by atoms with E-state index in [1.165, 1.54) is 20.0 Å². The SMILES string of the molecule is COC(=O)CN1CC(NC2CC2)CC(C(C)O)C1. The van der Waals surface area contributed by atoms with Crippen molar-refractivity contribution in [2.45, 2.75) is 44.4 Å². The summed E-state index contributed by atoms with van der Waals surface area (Å²) in [5.41, 5.74) is 0. The lowest BCUT2D eigenvalue weighted by Crippen LogP contribution is -2.53. The summed E-state index contributed by atoms with van der Waals surface area (Å²) >= 11 is 0. The normalized spacial score (nSPS) is 31.1. The molecule has 1 heterocycles. The number of piperidine rings is 1. The number of carbonyl (C=O) groups excluding carboxylic acids is 1. The molecule has 3 unspecified atom stereocenters. The van der Waals surface area contributed by atoms with Crippen molar-refractivity contribution in [1.82, 2.24) is 10.2 Å². The van der Waals surface area contributed by atoms with Gasteiger partial charge in [0.1, 0.15) is 0 Å². The highest BCUT2D eigenvalue weighted by molar-refractivity contribution is 5.71. The highest BCUT2D eigenvalue weighted by Gasteiger charge is 2.33. The average Bonchev–Trinajstić information content (AvgIpc) is 3.12. The van der Waals surface area contributed by atoms with E-state index in [1.807, 2.05) is 6.92 Å². The lowest BCUT2D eigenvalue weighted by Gasteiger charge is -2.38. The van der Waals surface area contributed by atoms with Gasteiger partial charge in [0, 0.05) is 25.2 Å². The van der Waals surface area contributed by atoms with Gasteiger partial charge in [-0.3, -0.25) is 9.69 Å². The van der Waals surface area contributed by atoms with E-state index >= 15 is 0 Å². The van der Waals surface area contributed by atoms with Crippen LogP contribution in [0.2, 0.25) is 0 Å². The molecule has 5 heteroatoms. The maximum Gasteiger partial charge on any atom is 0.319 e. The van der Waals surface area contributed by atoms with E-state index in [1.54, 1.807) is 0 Å². The molecule has 2 fully saturated rings. The third-order valence-electron chi connectivity index (χ3n) is 3.87. The number of methoxy groups -OCH3 is 1. The molecule has 0 amide bonds. The molecule has 104 valence electrons. The van der Waals surface area contributed by atoms with Gasteiger partial charge in [-0.25, -0.2) is 0 Å². The number of esters is 1. The zero-order valence-electron chi connectivity index (χ0n) is 11.3. The second-order valence-corrected chi connectivity index (χ2v) is 5.64. The molecule has 0 aromatic rings. The standard InChI is InChI=1S/C13H24N2O3/c1-9(16)10-5-12(14-11-3-4-11)7-15(6-10)8-13(17)18-2/h9-12,14,16H,3-8H2,1-2H3. The predicted octanol–water partition coefficient (Wildman–Crippen LogP) is -0.0173. The summed E-state index contributed by atoms with van der Waals surface area (Å²) < 4.78 is 4.71. The van der Waals surface area contributed by atoms with Crippen molar-refractivity contribution in [2.24, 2.45) is 5.92 Å². The fourth-order valence-electron chi connectivity index (χ4n) is 2.66. The van der Waals surface area contributed by atoms with Crippen LogP contribution in [-0.4, -0.2) is 60.9 Å². The van der Waals surface area contributed by atoms with Gasteiger partial charge in [-0.1, -0.05) is 0 Å². The Bertz CT molecular complexity index is 292. The van der Waals surface area contributed by atoms with Gasteiger partial charge >= 0.3 is 5.97 Å². The molecule has 0 radical (unpaired) electrons. The summed E-state index contributed by atoms with van der Waals surface area (Å²) in [4.78, 5) is 13.4. The van der Waals surface area contributed by atoms with Crippen LogP contribution in [0.1, 0.15) is 26.2 Å². The van der Waals surface area contributed by atoms with Gasteiger partial charge in [-0.2, -0.15) is 0 Å². The number of aliphatic hydroxyl groups is 1. The summed E-state index contributed by atoms with van der Waals surface area (Å²) in [6.45, 7) is 3.80. The first kappa shape index (κ1) is 13.8. The summed E-state index contributed by atoms with van der Waals surface area (Å²) in [6.07, 6.45) is 3.18. The van der Waals surface area contributed by atoms with Crippen LogP contribution in [0.25, 0.3) is 0 Å².